The molecule has 3 rings (SSSR count). The molecule has 1 nitrogen and oxygen atoms in total. The third-order valence-corrected chi connectivity index (χ3v) is 7.81. The van der Waals surface area contributed by atoms with Gasteiger partial charge in [-0.25, -0.2) is 0 Å². The molecule has 2 aromatic heterocycles. The number of thioether (sulfide) groups is 2. The largest absolute Gasteiger partial charge is 0.304 e. The first-order chi connectivity index (χ1) is 9.43. The minimum absolute atomic E-state index is 0.382. The Morgan fingerprint density at radius 1 is 1.11 bits per heavy atom. The molecule has 1 fully saturated rings. The molecule has 5 heteroatoms. The molecule has 1 saturated heterocycles. The Morgan fingerprint density at radius 3 is 2.37 bits per heavy atom. The van der Waals surface area contributed by atoms with Crippen molar-refractivity contribution in [2.24, 2.45) is 0 Å². The molecule has 0 spiro atoms. The third kappa shape index (κ3) is 3.79. The van der Waals surface area contributed by atoms with E-state index in [9.17, 15) is 0 Å². The lowest BCUT2D eigenvalue weighted by Crippen LogP contribution is -2.31. The van der Waals surface area contributed by atoms with Crippen molar-refractivity contribution in [1.29, 1.82) is 0 Å². The van der Waals surface area contributed by atoms with Gasteiger partial charge in [0.05, 0.1) is 6.04 Å². The summed E-state index contributed by atoms with van der Waals surface area (Å²) in [6, 6.07) is 9.16. The number of hydrogen-bond donors (Lipinski definition) is 1. The van der Waals surface area contributed by atoms with Gasteiger partial charge in [0, 0.05) is 38.8 Å². The van der Waals surface area contributed by atoms with Crippen LogP contribution in [0.3, 0.4) is 0 Å². The number of rotatable bonds is 5. The Balaban J connectivity index is 1.66. The van der Waals surface area contributed by atoms with E-state index in [2.05, 4.69) is 63.9 Å². The summed E-state index contributed by atoms with van der Waals surface area (Å²) in [5.74, 6) is 3.92. The lowest BCUT2D eigenvalue weighted by atomic mass is 10.2. The second-order valence-corrected chi connectivity index (χ2v) is 8.96. The fourth-order valence-electron chi connectivity index (χ4n) is 2.16. The molecule has 0 amide bonds. The van der Waals surface area contributed by atoms with Crippen LogP contribution in [0.1, 0.15) is 15.8 Å². The highest BCUT2D eigenvalue weighted by Gasteiger charge is 2.19. The normalized spacial score (nSPS) is 19.9. The maximum atomic E-state index is 3.78. The van der Waals surface area contributed by atoms with E-state index in [1.165, 1.54) is 27.0 Å². The standard InChI is InChI=1S/C14H17NS4/c1-3-12(18-5-1)14(13-4-2-6-19-13)15-9-11-10-16-7-8-17-11/h1-6,11,14-15H,7-10H2. The number of hydrogen-bond acceptors (Lipinski definition) is 5. The third-order valence-electron chi connectivity index (χ3n) is 3.09. The predicted molar refractivity (Wildman–Crippen MR) is 92.1 cm³/mol. The van der Waals surface area contributed by atoms with E-state index in [-0.39, 0.29) is 0 Å². The quantitative estimate of drug-likeness (QED) is 0.877. The zero-order valence-electron chi connectivity index (χ0n) is 10.6. The Bertz CT molecular complexity index is 425. The first-order valence-corrected chi connectivity index (χ1v) is 10.4. The van der Waals surface area contributed by atoms with Crippen molar-refractivity contribution in [2.45, 2.75) is 11.3 Å². The van der Waals surface area contributed by atoms with Crippen LogP contribution in [0.4, 0.5) is 0 Å². The van der Waals surface area contributed by atoms with E-state index in [1.807, 2.05) is 22.7 Å². The fraction of sp³-hybridized carbons (Fsp3) is 0.429. The molecule has 0 saturated carbocycles. The Labute approximate surface area is 131 Å². The lowest BCUT2D eigenvalue weighted by Gasteiger charge is -2.24. The molecule has 1 unspecified atom stereocenters. The van der Waals surface area contributed by atoms with E-state index in [1.54, 1.807) is 0 Å². The van der Waals surface area contributed by atoms with Crippen LogP contribution in [0.2, 0.25) is 0 Å². The van der Waals surface area contributed by atoms with Crippen molar-refractivity contribution < 1.29 is 0 Å². The van der Waals surface area contributed by atoms with Crippen LogP contribution in [0, 0.1) is 0 Å². The molecule has 1 atom stereocenters. The molecule has 102 valence electrons. The Hall–Kier alpha value is 0.0600. The predicted octanol–water partition coefficient (Wildman–Crippen LogP) is 4.34. The van der Waals surface area contributed by atoms with Crippen molar-refractivity contribution in [3.8, 4) is 0 Å². The maximum Gasteiger partial charge on any atom is 0.0765 e. The maximum absolute atomic E-state index is 3.78. The molecule has 1 aliphatic rings. The van der Waals surface area contributed by atoms with Crippen LogP contribution in [0.25, 0.3) is 0 Å². The van der Waals surface area contributed by atoms with Crippen LogP contribution in [-0.2, 0) is 0 Å². The van der Waals surface area contributed by atoms with Gasteiger partial charge >= 0.3 is 0 Å². The lowest BCUT2D eigenvalue weighted by molar-refractivity contribution is 0.621. The molecule has 0 radical (unpaired) electrons. The Morgan fingerprint density at radius 2 is 1.84 bits per heavy atom. The number of nitrogens with one attached hydrogen (secondary N) is 1. The molecule has 1 aliphatic heterocycles. The van der Waals surface area contributed by atoms with E-state index in [0.717, 1.165) is 11.8 Å². The van der Waals surface area contributed by atoms with Crippen LogP contribution in [0.15, 0.2) is 35.0 Å². The Kier molecular flexibility index (Phi) is 5.30. The summed E-state index contributed by atoms with van der Waals surface area (Å²) in [7, 11) is 0. The minimum Gasteiger partial charge on any atom is -0.304 e. The topological polar surface area (TPSA) is 12.0 Å². The smallest absolute Gasteiger partial charge is 0.0765 e. The van der Waals surface area contributed by atoms with Gasteiger partial charge in [0.15, 0.2) is 0 Å². The SMILES string of the molecule is c1csc(C(NCC2CSCCS2)c2cccs2)c1. The van der Waals surface area contributed by atoms with E-state index >= 15 is 0 Å². The summed E-state index contributed by atoms with van der Waals surface area (Å²) in [5, 5.41) is 8.88. The van der Waals surface area contributed by atoms with E-state index in [0.29, 0.717) is 6.04 Å². The minimum atomic E-state index is 0.382. The highest BCUT2D eigenvalue weighted by Crippen LogP contribution is 2.30. The molecule has 19 heavy (non-hydrogen) atoms. The van der Waals surface area contributed by atoms with E-state index < -0.39 is 0 Å². The summed E-state index contributed by atoms with van der Waals surface area (Å²) >= 11 is 7.91. The molecular formula is C14H17NS4. The molecule has 2 aromatic rings. The second-order valence-electron chi connectivity index (χ2n) is 4.44. The van der Waals surface area contributed by atoms with Gasteiger partial charge in [-0.15, -0.1) is 22.7 Å². The van der Waals surface area contributed by atoms with Gasteiger partial charge in [-0.3, -0.25) is 0 Å². The number of thiophene rings is 2. The highest BCUT2D eigenvalue weighted by molar-refractivity contribution is 8.06. The summed E-state index contributed by atoms with van der Waals surface area (Å²) < 4.78 is 0. The van der Waals surface area contributed by atoms with Gasteiger partial charge in [0.25, 0.3) is 0 Å². The summed E-state index contributed by atoms with van der Waals surface area (Å²) in [4.78, 5) is 2.85. The van der Waals surface area contributed by atoms with Gasteiger partial charge in [-0.1, -0.05) is 12.1 Å². The van der Waals surface area contributed by atoms with Crippen molar-refractivity contribution in [2.75, 3.05) is 23.8 Å². The highest BCUT2D eigenvalue weighted by atomic mass is 32.2. The van der Waals surface area contributed by atoms with Gasteiger partial charge in [0.2, 0.25) is 0 Å². The monoisotopic (exact) mass is 327 g/mol. The first-order valence-electron chi connectivity index (χ1n) is 6.43. The van der Waals surface area contributed by atoms with Gasteiger partial charge in [-0.2, -0.15) is 23.5 Å². The second kappa shape index (κ2) is 7.18. The summed E-state index contributed by atoms with van der Waals surface area (Å²) in [6.45, 7) is 1.11. The van der Waals surface area contributed by atoms with Crippen molar-refractivity contribution in [3.63, 3.8) is 0 Å². The molecular weight excluding hydrogens is 310 g/mol. The molecule has 1 N–H and O–H groups in total. The molecule has 0 aromatic carbocycles. The summed E-state index contributed by atoms with van der Waals surface area (Å²) in [6.07, 6.45) is 0. The van der Waals surface area contributed by atoms with Crippen molar-refractivity contribution in [3.05, 3.63) is 44.8 Å². The van der Waals surface area contributed by atoms with Crippen molar-refractivity contribution >= 4 is 46.2 Å². The van der Waals surface area contributed by atoms with Crippen molar-refractivity contribution in [1.82, 2.24) is 5.32 Å². The molecule has 3 heterocycles. The average Bonchev–Trinajstić information content (AvgIpc) is 3.13. The molecule has 0 aliphatic carbocycles. The van der Waals surface area contributed by atoms with Crippen LogP contribution >= 0.6 is 46.2 Å². The van der Waals surface area contributed by atoms with Gasteiger partial charge < -0.3 is 5.32 Å². The zero-order chi connectivity index (χ0) is 12.9. The van der Waals surface area contributed by atoms with Gasteiger partial charge in [0.1, 0.15) is 0 Å². The zero-order valence-corrected chi connectivity index (χ0v) is 13.8. The fourth-order valence-corrected chi connectivity index (χ4v) is 6.49. The van der Waals surface area contributed by atoms with Gasteiger partial charge in [-0.05, 0) is 22.9 Å². The van der Waals surface area contributed by atoms with E-state index in [4.69, 9.17) is 0 Å². The summed E-state index contributed by atoms with van der Waals surface area (Å²) in [5.41, 5.74) is 0. The van der Waals surface area contributed by atoms with Crippen LogP contribution in [-0.4, -0.2) is 29.1 Å². The van der Waals surface area contributed by atoms with Crippen LogP contribution in [0.5, 0.6) is 0 Å². The first kappa shape index (κ1) is 14.0. The van der Waals surface area contributed by atoms with Crippen LogP contribution < -0.4 is 5.32 Å². The average molecular weight is 328 g/mol. The molecule has 0 bridgehead atoms.